The van der Waals surface area contributed by atoms with Gasteiger partial charge in [-0.15, -0.1) is 11.3 Å². The Morgan fingerprint density at radius 1 is 1.57 bits per heavy atom. The molecule has 0 aromatic carbocycles. The van der Waals surface area contributed by atoms with Crippen molar-refractivity contribution in [2.45, 2.75) is 6.42 Å². The second-order valence-electron chi connectivity index (χ2n) is 5.51. The summed E-state index contributed by atoms with van der Waals surface area (Å²) in [5.74, 6) is -0.455. The van der Waals surface area contributed by atoms with Gasteiger partial charge in [0.15, 0.2) is 0 Å². The Morgan fingerprint density at radius 2 is 2.33 bits per heavy atom. The summed E-state index contributed by atoms with van der Waals surface area (Å²) in [4.78, 5) is 27.6. The number of amides is 1. The zero-order valence-electron chi connectivity index (χ0n) is 12.3. The Bertz CT molecular complexity index is 553. The fraction of sp³-hybridized carbons (Fsp3) is 0.467. The molecule has 1 fully saturated rings. The number of carbonyl (C=O) groups is 2. The minimum Gasteiger partial charge on any atom is -0.478 e. The molecule has 2 rings (SSSR count). The average Bonchev–Trinajstić information content (AvgIpc) is 3.04. The number of hydrogen-bond acceptors (Lipinski definition) is 4. The van der Waals surface area contributed by atoms with E-state index in [0.29, 0.717) is 11.5 Å². The standard InChI is InChI=1S/C15H20N2O3S/c1-16-6-5-11(8-16)9-17(2)15(20)12-7-13(21-10-12)3-4-14(18)19/h3-4,7,10-11H,5-6,8-9H2,1-2H3,(H,18,19). The Labute approximate surface area is 128 Å². The number of carboxylic acid groups (broad SMARTS) is 1. The third-order valence-electron chi connectivity index (χ3n) is 3.62. The van der Waals surface area contributed by atoms with E-state index < -0.39 is 5.97 Å². The molecule has 1 aromatic heterocycles. The molecule has 2 heterocycles. The lowest BCUT2D eigenvalue weighted by molar-refractivity contribution is -0.131. The number of carbonyl (C=O) groups excluding carboxylic acids is 1. The van der Waals surface area contributed by atoms with Gasteiger partial charge in [0, 0.05) is 36.5 Å². The van der Waals surface area contributed by atoms with Crippen LogP contribution in [0.5, 0.6) is 0 Å². The minimum atomic E-state index is -0.987. The van der Waals surface area contributed by atoms with Crippen molar-refractivity contribution in [3.05, 3.63) is 28.0 Å². The van der Waals surface area contributed by atoms with E-state index in [-0.39, 0.29) is 5.91 Å². The quantitative estimate of drug-likeness (QED) is 0.844. The van der Waals surface area contributed by atoms with Crippen LogP contribution < -0.4 is 0 Å². The zero-order valence-corrected chi connectivity index (χ0v) is 13.1. The first-order chi connectivity index (χ1) is 9.95. The maximum absolute atomic E-state index is 12.3. The molecule has 1 aromatic rings. The van der Waals surface area contributed by atoms with Gasteiger partial charge in [0.2, 0.25) is 0 Å². The van der Waals surface area contributed by atoms with Crippen LogP contribution in [0.1, 0.15) is 21.7 Å². The first-order valence-electron chi connectivity index (χ1n) is 6.89. The van der Waals surface area contributed by atoms with Crippen LogP contribution >= 0.6 is 11.3 Å². The van der Waals surface area contributed by atoms with Crippen LogP contribution in [0.3, 0.4) is 0 Å². The molecule has 1 saturated heterocycles. The molecule has 0 spiro atoms. The van der Waals surface area contributed by atoms with Gasteiger partial charge in [-0.3, -0.25) is 4.79 Å². The van der Waals surface area contributed by atoms with Crippen LogP contribution in [-0.4, -0.2) is 60.5 Å². The third-order valence-corrected chi connectivity index (χ3v) is 4.52. The van der Waals surface area contributed by atoms with Crippen LogP contribution in [0.25, 0.3) is 6.08 Å². The van der Waals surface area contributed by atoms with Crippen LogP contribution in [0, 0.1) is 5.92 Å². The summed E-state index contributed by atoms with van der Waals surface area (Å²) < 4.78 is 0. The largest absolute Gasteiger partial charge is 0.478 e. The lowest BCUT2D eigenvalue weighted by atomic mass is 10.1. The molecule has 0 saturated carbocycles. The topological polar surface area (TPSA) is 60.9 Å². The summed E-state index contributed by atoms with van der Waals surface area (Å²) in [7, 11) is 3.92. The van der Waals surface area contributed by atoms with Gasteiger partial charge >= 0.3 is 5.97 Å². The summed E-state index contributed by atoms with van der Waals surface area (Å²) in [6.07, 6.45) is 3.72. The van der Waals surface area contributed by atoms with E-state index in [0.717, 1.165) is 37.0 Å². The Balaban J connectivity index is 1.94. The van der Waals surface area contributed by atoms with E-state index >= 15 is 0 Å². The average molecular weight is 308 g/mol. The molecular weight excluding hydrogens is 288 g/mol. The lowest BCUT2D eigenvalue weighted by Crippen LogP contribution is -2.32. The molecule has 5 nitrogen and oxygen atoms in total. The van der Waals surface area contributed by atoms with Crippen molar-refractivity contribution in [2.24, 2.45) is 5.92 Å². The van der Waals surface area contributed by atoms with Gasteiger partial charge in [-0.05, 0) is 38.1 Å². The number of hydrogen-bond donors (Lipinski definition) is 1. The van der Waals surface area contributed by atoms with E-state index in [1.54, 1.807) is 16.3 Å². The second-order valence-corrected chi connectivity index (χ2v) is 6.45. The molecule has 1 aliphatic rings. The summed E-state index contributed by atoms with van der Waals surface area (Å²) in [6.45, 7) is 2.89. The first kappa shape index (κ1) is 15.7. The monoisotopic (exact) mass is 308 g/mol. The van der Waals surface area contributed by atoms with Crippen LogP contribution in [0.2, 0.25) is 0 Å². The summed E-state index contributed by atoms with van der Waals surface area (Å²) in [5, 5.41) is 10.4. The van der Waals surface area contributed by atoms with Gasteiger partial charge < -0.3 is 14.9 Å². The van der Waals surface area contributed by atoms with Crippen LogP contribution in [0.4, 0.5) is 0 Å². The second kappa shape index (κ2) is 6.87. The van der Waals surface area contributed by atoms with Crippen molar-refractivity contribution in [3.63, 3.8) is 0 Å². The first-order valence-corrected chi connectivity index (χ1v) is 7.77. The highest BCUT2D eigenvalue weighted by molar-refractivity contribution is 7.11. The van der Waals surface area contributed by atoms with Crippen molar-refractivity contribution in [1.82, 2.24) is 9.80 Å². The van der Waals surface area contributed by atoms with Gasteiger partial charge in [-0.25, -0.2) is 4.79 Å². The highest BCUT2D eigenvalue weighted by atomic mass is 32.1. The van der Waals surface area contributed by atoms with Crippen LogP contribution in [-0.2, 0) is 4.79 Å². The molecule has 0 bridgehead atoms. The molecular formula is C15H20N2O3S. The molecule has 1 aliphatic heterocycles. The van der Waals surface area contributed by atoms with E-state index in [4.69, 9.17) is 5.11 Å². The number of likely N-dealkylation sites (tertiary alicyclic amines) is 1. The maximum Gasteiger partial charge on any atom is 0.328 e. The Hall–Kier alpha value is -1.66. The fourth-order valence-electron chi connectivity index (χ4n) is 2.57. The highest BCUT2D eigenvalue weighted by Crippen LogP contribution is 2.20. The third kappa shape index (κ3) is 4.41. The maximum atomic E-state index is 12.3. The van der Waals surface area contributed by atoms with E-state index in [1.165, 1.54) is 17.4 Å². The zero-order chi connectivity index (χ0) is 15.4. The highest BCUT2D eigenvalue weighted by Gasteiger charge is 2.23. The van der Waals surface area contributed by atoms with Crippen molar-refractivity contribution in [1.29, 1.82) is 0 Å². The molecule has 6 heteroatoms. The molecule has 114 valence electrons. The van der Waals surface area contributed by atoms with E-state index in [9.17, 15) is 9.59 Å². The number of carboxylic acids is 1. The van der Waals surface area contributed by atoms with Gasteiger partial charge in [-0.2, -0.15) is 0 Å². The molecule has 1 amide bonds. The van der Waals surface area contributed by atoms with Crippen molar-refractivity contribution >= 4 is 29.3 Å². The molecule has 1 unspecified atom stereocenters. The van der Waals surface area contributed by atoms with Crippen molar-refractivity contribution in [2.75, 3.05) is 33.7 Å². The van der Waals surface area contributed by atoms with Gasteiger partial charge in [-0.1, -0.05) is 0 Å². The summed E-state index contributed by atoms with van der Waals surface area (Å²) in [5.41, 5.74) is 0.624. The summed E-state index contributed by atoms with van der Waals surface area (Å²) >= 11 is 1.37. The van der Waals surface area contributed by atoms with E-state index in [1.807, 2.05) is 7.05 Å². The summed E-state index contributed by atoms with van der Waals surface area (Å²) in [6, 6.07) is 1.74. The van der Waals surface area contributed by atoms with Gasteiger partial charge in [0.05, 0.1) is 5.56 Å². The lowest BCUT2D eigenvalue weighted by Gasteiger charge is -2.20. The molecule has 1 atom stereocenters. The minimum absolute atomic E-state index is 0.00391. The molecule has 0 aliphatic carbocycles. The number of rotatable bonds is 5. The molecule has 21 heavy (non-hydrogen) atoms. The van der Waals surface area contributed by atoms with Gasteiger partial charge in [0.25, 0.3) is 5.91 Å². The Morgan fingerprint density at radius 3 is 2.95 bits per heavy atom. The number of nitrogens with zero attached hydrogens (tertiary/aromatic N) is 2. The predicted octanol–water partition coefficient (Wildman–Crippen LogP) is 1.87. The number of thiophene rings is 1. The van der Waals surface area contributed by atoms with E-state index in [2.05, 4.69) is 11.9 Å². The smallest absolute Gasteiger partial charge is 0.328 e. The predicted molar refractivity (Wildman–Crippen MR) is 83.6 cm³/mol. The van der Waals surface area contributed by atoms with Crippen molar-refractivity contribution < 1.29 is 14.7 Å². The Kier molecular flexibility index (Phi) is 5.14. The molecule has 0 radical (unpaired) electrons. The normalized spacial score (nSPS) is 19.2. The van der Waals surface area contributed by atoms with Crippen molar-refractivity contribution in [3.8, 4) is 0 Å². The SMILES string of the molecule is CN1CCC(CN(C)C(=O)c2csc(C=CC(=O)O)c2)C1. The molecule has 1 N–H and O–H groups in total. The van der Waals surface area contributed by atoms with Crippen LogP contribution in [0.15, 0.2) is 17.5 Å². The fourth-order valence-corrected chi connectivity index (χ4v) is 3.35. The number of aliphatic carboxylic acids is 1. The van der Waals surface area contributed by atoms with Gasteiger partial charge in [0.1, 0.15) is 0 Å².